The predicted octanol–water partition coefficient (Wildman–Crippen LogP) is 4.76. The van der Waals surface area contributed by atoms with Crippen molar-refractivity contribution in [2.75, 3.05) is 18.9 Å². The Balaban J connectivity index is 1.22. The highest BCUT2D eigenvalue weighted by Gasteiger charge is 2.62. The van der Waals surface area contributed by atoms with E-state index in [0.717, 1.165) is 18.6 Å². The summed E-state index contributed by atoms with van der Waals surface area (Å²) in [7, 11) is -2.29. The molecule has 2 heterocycles. The van der Waals surface area contributed by atoms with Gasteiger partial charge in [-0.2, -0.15) is 13.2 Å². The molecule has 270 valence electrons. The topological polar surface area (TPSA) is 164 Å². The normalized spacial score (nSPS) is 28.1. The second-order valence-corrected chi connectivity index (χ2v) is 16.5. The molecule has 1 aromatic heterocycles. The van der Waals surface area contributed by atoms with Crippen LogP contribution in [0.15, 0.2) is 35.7 Å². The van der Waals surface area contributed by atoms with Gasteiger partial charge in [-0.25, -0.2) is 18.2 Å². The molecule has 3 fully saturated rings. The Kier molecular flexibility index (Phi) is 9.76. The first-order valence-electron chi connectivity index (χ1n) is 16.5. The molecule has 3 N–H and O–H groups in total. The van der Waals surface area contributed by atoms with Crippen LogP contribution >= 0.6 is 11.3 Å². The molecule has 0 radical (unpaired) electrons. The third-order valence-electron chi connectivity index (χ3n) is 9.75. The van der Waals surface area contributed by atoms with Gasteiger partial charge in [0.1, 0.15) is 11.6 Å². The van der Waals surface area contributed by atoms with Gasteiger partial charge in [-0.1, -0.05) is 18.2 Å². The van der Waals surface area contributed by atoms with Crippen molar-refractivity contribution in [3.8, 4) is 11.3 Å². The van der Waals surface area contributed by atoms with Gasteiger partial charge in [0.25, 0.3) is 5.91 Å². The molecule has 2 aromatic rings. The third-order valence-corrected chi connectivity index (χ3v) is 12.3. The Hall–Kier alpha value is -3.99. The molecule has 3 saturated carbocycles. The van der Waals surface area contributed by atoms with Gasteiger partial charge in [-0.15, -0.1) is 11.3 Å². The van der Waals surface area contributed by atoms with Crippen LogP contribution < -0.4 is 15.4 Å². The van der Waals surface area contributed by atoms with Crippen molar-refractivity contribution in [2.45, 2.75) is 81.4 Å². The molecule has 3 aliphatic carbocycles. The lowest BCUT2D eigenvalue weighted by molar-refractivity contribution is -0.140. The molecule has 12 nitrogen and oxygen atoms in total. The monoisotopic (exact) mass is 737 g/mol. The lowest BCUT2D eigenvalue weighted by Gasteiger charge is -2.26. The highest BCUT2D eigenvalue weighted by Crippen LogP contribution is 2.47. The Morgan fingerprint density at radius 1 is 1.14 bits per heavy atom. The Bertz CT molecular complexity index is 1830. The average Bonchev–Trinajstić information content (AvgIpc) is 3.93. The van der Waals surface area contributed by atoms with Crippen LogP contribution in [0, 0.1) is 24.7 Å². The highest BCUT2D eigenvalue weighted by molar-refractivity contribution is 7.91. The number of thiazole rings is 1. The lowest BCUT2D eigenvalue weighted by Crippen LogP contribution is -2.54. The van der Waals surface area contributed by atoms with E-state index >= 15 is 0 Å². The van der Waals surface area contributed by atoms with Crippen molar-refractivity contribution in [2.24, 2.45) is 17.8 Å². The Labute approximate surface area is 291 Å². The zero-order valence-electron chi connectivity index (χ0n) is 27.4. The first kappa shape index (κ1) is 35.8. The number of hydrogen-bond acceptors (Lipinski definition) is 9. The number of allylic oxidation sites excluding steroid dienone is 1. The summed E-state index contributed by atoms with van der Waals surface area (Å²) in [4.78, 5) is 60.1. The number of halogens is 3. The van der Waals surface area contributed by atoms with Crippen LogP contribution in [-0.4, -0.2) is 72.6 Å². The summed E-state index contributed by atoms with van der Waals surface area (Å²) in [5.41, 5.74) is -2.08. The largest absolute Gasteiger partial charge is 0.446 e. The maximum Gasteiger partial charge on any atom is 0.416 e. The summed E-state index contributed by atoms with van der Waals surface area (Å²) in [6.07, 6.45) is -0.0549. The van der Waals surface area contributed by atoms with E-state index in [1.165, 1.54) is 22.3 Å². The average molecular weight is 738 g/mol. The van der Waals surface area contributed by atoms with Gasteiger partial charge >= 0.3 is 12.3 Å². The quantitative estimate of drug-likeness (QED) is 0.358. The van der Waals surface area contributed by atoms with Crippen LogP contribution in [0.5, 0.6) is 0 Å². The van der Waals surface area contributed by atoms with Gasteiger partial charge < -0.3 is 15.0 Å². The second-order valence-electron chi connectivity index (χ2n) is 13.5. The molecule has 5 atom stereocenters. The maximum atomic E-state index is 13.9. The summed E-state index contributed by atoms with van der Waals surface area (Å²) in [6, 6.07) is 2.90. The molecule has 0 unspecified atom stereocenters. The minimum absolute atomic E-state index is 0.0476. The Morgan fingerprint density at radius 3 is 2.56 bits per heavy atom. The van der Waals surface area contributed by atoms with Crippen molar-refractivity contribution in [3.05, 3.63) is 46.3 Å². The maximum absolute atomic E-state index is 13.9. The molecule has 17 heteroatoms. The van der Waals surface area contributed by atoms with Gasteiger partial charge in [0, 0.05) is 30.5 Å². The van der Waals surface area contributed by atoms with Crippen molar-refractivity contribution >= 4 is 50.9 Å². The van der Waals surface area contributed by atoms with Gasteiger partial charge in [-0.3, -0.25) is 24.4 Å². The fraction of sp³-hybridized carbons (Fsp3) is 0.545. The molecule has 4 amide bonds. The molecule has 1 aromatic carbocycles. The van der Waals surface area contributed by atoms with Crippen molar-refractivity contribution < 1.29 is 45.5 Å². The van der Waals surface area contributed by atoms with E-state index in [1.807, 2.05) is 12.2 Å². The van der Waals surface area contributed by atoms with E-state index in [1.54, 1.807) is 19.4 Å². The zero-order chi connectivity index (χ0) is 36.0. The first-order chi connectivity index (χ1) is 23.6. The summed E-state index contributed by atoms with van der Waals surface area (Å²) in [6.45, 7) is 2.16. The SMILES string of the molecule is Cc1nc(-c2ccc(C(F)(F)F)cc2NC(=O)O[C@@H]2C[C@H]3C(=O)N[C@]4(C(=O)NS(=O)(=O)C5CC5)C[C@H]4/C=C\CCCCN(C)C(=O)[C@@H]3C2)cs1. The zero-order valence-corrected chi connectivity index (χ0v) is 29.1. The predicted molar refractivity (Wildman–Crippen MR) is 177 cm³/mol. The number of aromatic nitrogens is 1. The number of benzene rings is 1. The first-order valence-corrected chi connectivity index (χ1v) is 18.9. The molecule has 0 bridgehead atoms. The lowest BCUT2D eigenvalue weighted by atomic mass is 9.93. The number of rotatable bonds is 6. The number of sulfonamides is 1. The van der Waals surface area contributed by atoms with E-state index in [4.69, 9.17) is 4.74 Å². The number of nitrogens with one attached hydrogen (secondary N) is 3. The second kappa shape index (κ2) is 13.6. The summed E-state index contributed by atoms with van der Waals surface area (Å²) < 4.78 is 73.9. The highest BCUT2D eigenvalue weighted by atomic mass is 32.2. The van der Waals surface area contributed by atoms with E-state index in [2.05, 4.69) is 20.3 Å². The van der Waals surface area contributed by atoms with Crippen molar-refractivity contribution in [1.82, 2.24) is 19.9 Å². The van der Waals surface area contributed by atoms with E-state index in [0.29, 0.717) is 42.9 Å². The number of alkyl halides is 3. The number of amides is 4. The standard InChI is InChI=1S/C33H38F3N5O7S2/c1-18-37-27(17-49-18)23-11-8-19(33(34,35)36)13-26(23)38-31(45)48-21-14-24-25(15-21)29(43)41(2)12-6-4-3-5-7-20-16-32(20,39-28(24)42)30(44)40-50(46,47)22-9-10-22/h5,7-8,11,13,17,20-22,24-25H,3-4,6,9-10,12,14-16H2,1-2H3,(H,38,45)(H,39,42)(H,40,44)/b7-5-/t20-,21-,24-,25-,32-/m1/s1. The molecule has 50 heavy (non-hydrogen) atoms. The molecule has 6 rings (SSSR count). The van der Waals surface area contributed by atoms with E-state index in [9.17, 15) is 40.8 Å². The molecular formula is C33H38F3N5O7S2. The summed E-state index contributed by atoms with van der Waals surface area (Å²) in [5, 5.41) is 6.84. The van der Waals surface area contributed by atoms with Crippen LogP contribution in [0.2, 0.25) is 0 Å². The Morgan fingerprint density at radius 2 is 1.88 bits per heavy atom. The molecule has 1 aliphatic heterocycles. The molecule has 4 aliphatic rings. The number of carbonyl (C=O) groups excluding carboxylic acids is 4. The number of carbonyl (C=O) groups is 4. The van der Waals surface area contributed by atoms with Crippen LogP contribution in [0.3, 0.4) is 0 Å². The third kappa shape index (κ3) is 7.67. The molecule has 0 saturated heterocycles. The number of anilines is 1. The number of aryl methyl sites for hydroxylation is 1. The van der Waals surface area contributed by atoms with Crippen LogP contribution in [0.1, 0.15) is 61.9 Å². The smallest absolute Gasteiger partial charge is 0.416 e. The summed E-state index contributed by atoms with van der Waals surface area (Å²) >= 11 is 1.29. The minimum Gasteiger partial charge on any atom is -0.446 e. The number of fused-ring (bicyclic) bond motifs is 2. The molecule has 0 spiro atoms. The van der Waals surface area contributed by atoms with Crippen molar-refractivity contribution in [3.63, 3.8) is 0 Å². The van der Waals surface area contributed by atoms with Gasteiger partial charge in [0.05, 0.1) is 39.0 Å². The number of nitrogens with zero attached hydrogens (tertiary/aromatic N) is 2. The van der Waals surface area contributed by atoms with Gasteiger partial charge in [-0.05, 0) is 70.4 Å². The number of ether oxygens (including phenoxy) is 1. The molecular weight excluding hydrogens is 700 g/mol. The minimum atomic E-state index is -4.69. The van der Waals surface area contributed by atoms with Crippen LogP contribution in [0.25, 0.3) is 11.3 Å². The van der Waals surface area contributed by atoms with Crippen LogP contribution in [0.4, 0.5) is 23.7 Å². The van der Waals surface area contributed by atoms with Gasteiger partial charge in [0.2, 0.25) is 21.8 Å². The van der Waals surface area contributed by atoms with E-state index in [-0.39, 0.29) is 36.4 Å². The van der Waals surface area contributed by atoms with Crippen LogP contribution in [-0.2, 0) is 35.3 Å². The van der Waals surface area contributed by atoms with Gasteiger partial charge in [0.15, 0.2) is 0 Å². The fourth-order valence-electron chi connectivity index (χ4n) is 6.72. The number of hydrogen-bond donors (Lipinski definition) is 3. The summed E-state index contributed by atoms with van der Waals surface area (Å²) in [5.74, 6) is -4.28. The fourth-order valence-corrected chi connectivity index (χ4v) is 8.69. The van der Waals surface area contributed by atoms with Crippen molar-refractivity contribution in [1.29, 1.82) is 0 Å². The van der Waals surface area contributed by atoms with E-state index < -0.39 is 74.3 Å².